The molecule has 7 aromatic carbocycles. The fourth-order valence-corrected chi connectivity index (χ4v) is 8.46. The van der Waals surface area contributed by atoms with Gasteiger partial charge in [0, 0.05) is 41.7 Å². The molecule has 218 valence electrons. The van der Waals surface area contributed by atoms with Gasteiger partial charge in [0.2, 0.25) is 5.69 Å². The van der Waals surface area contributed by atoms with Crippen molar-refractivity contribution in [2.45, 2.75) is 0 Å². The number of hydrogen-bond donors (Lipinski definition) is 0. The van der Waals surface area contributed by atoms with Crippen LogP contribution in [-0.4, -0.2) is 4.57 Å². The molecule has 0 spiro atoms. The Kier molecular flexibility index (Phi) is 5.51. The number of aromatic nitrogens is 1. The van der Waals surface area contributed by atoms with E-state index in [9.17, 15) is 0 Å². The van der Waals surface area contributed by atoms with Crippen LogP contribution in [0.5, 0.6) is 0 Å². The summed E-state index contributed by atoms with van der Waals surface area (Å²) in [5.41, 5.74) is 9.66. The normalized spacial score (nSPS) is 11.8. The number of furan rings is 1. The smallest absolute Gasteiger partial charge is 0.229 e. The number of fused-ring (bicyclic) bond motifs is 9. The molecule has 0 atom stereocenters. The summed E-state index contributed by atoms with van der Waals surface area (Å²) in [5, 5.41) is 6.91. The molecule has 10 rings (SSSR count). The quantitative estimate of drug-likeness (QED) is 0.181. The first kappa shape index (κ1) is 26.1. The highest BCUT2D eigenvalue weighted by Crippen LogP contribution is 2.46. The molecule has 3 aromatic heterocycles. The summed E-state index contributed by atoms with van der Waals surface area (Å²) < 4.78 is 11.6. The second-order valence-electron chi connectivity index (χ2n) is 12.0. The van der Waals surface area contributed by atoms with E-state index in [4.69, 9.17) is 11.0 Å². The highest BCUT2D eigenvalue weighted by molar-refractivity contribution is 7.25. The lowest BCUT2D eigenvalue weighted by Crippen LogP contribution is -1.94. The van der Waals surface area contributed by atoms with Crippen LogP contribution in [0.15, 0.2) is 150 Å². The van der Waals surface area contributed by atoms with Gasteiger partial charge >= 0.3 is 0 Å². The van der Waals surface area contributed by atoms with Gasteiger partial charge in [0.15, 0.2) is 5.58 Å². The largest absolute Gasteiger partial charge is 0.465 e. The van der Waals surface area contributed by atoms with E-state index >= 15 is 0 Å². The van der Waals surface area contributed by atoms with Crippen molar-refractivity contribution in [1.82, 2.24) is 4.57 Å². The average molecular weight is 617 g/mol. The van der Waals surface area contributed by atoms with E-state index < -0.39 is 0 Å². The predicted molar refractivity (Wildman–Crippen MR) is 198 cm³/mol. The summed E-state index contributed by atoms with van der Waals surface area (Å²) in [6, 6.07) is 51.4. The molecule has 0 radical (unpaired) electrons. The van der Waals surface area contributed by atoms with Gasteiger partial charge < -0.3 is 8.98 Å². The molecule has 0 unspecified atom stereocenters. The molecule has 4 heteroatoms. The highest BCUT2D eigenvalue weighted by Gasteiger charge is 2.21. The zero-order chi connectivity index (χ0) is 31.1. The first-order chi connectivity index (χ1) is 23.3. The van der Waals surface area contributed by atoms with Crippen molar-refractivity contribution in [2.75, 3.05) is 0 Å². The van der Waals surface area contributed by atoms with Crippen LogP contribution in [0.1, 0.15) is 0 Å². The Morgan fingerprint density at radius 1 is 0.511 bits per heavy atom. The molecule has 0 N–H and O–H groups in total. The molecule has 0 fully saturated rings. The molecule has 0 aliphatic carbocycles. The SMILES string of the molecule is [C-]#[N+]c1ccc(-c2ccc3c(c2)sc2ccccc23)c2c1oc1c(-n3c4ccccc4c4cc(-c5ccccc5)ccc43)cccc12. The Hall–Kier alpha value is -6.15. The van der Waals surface area contributed by atoms with Gasteiger partial charge in [-0.15, -0.1) is 11.3 Å². The average Bonchev–Trinajstić information content (AvgIpc) is 3.81. The van der Waals surface area contributed by atoms with Crippen molar-refractivity contribution in [3.63, 3.8) is 0 Å². The Morgan fingerprint density at radius 3 is 2.15 bits per heavy atom. The van der Waals surface area contributed by atoms with E-state index in [2.05, 4.69) is 149 Å². The molecule has 0 aliphatic heterocycles. The molecule has 3 heterocycles. The van der Waals surface area contributed by atoms with Gasteiger partial charge in [-0.25, -0.2) is 4.85 Å². The van der Waals surface area contributed by atoms with Gasteiger partial charge in [-0.2, -0.15) is 0 Å². The molecule has 0 saturated carbocycles. The zero-order valence-electron chi connectivity index (χ0n) is 25.1. The maximum absolute atomic E-state index is 8.01. The van der Waals surface area contributed by atoms with Crippen LogP contribution in [-0.2, 0) is 0 Å². The van der Waals surface area contributed by atoms with Crippen LogP contribution >= 0.6 is 11.3 Å². The molecule has 0 saturated heterocycles. The van der Waals surface area contributed by atoms with Crippen LogP contribution in [0.3, 0.4) is 0 Å². The van der Waals surface area contributed by atoms with Crippen molar-refractivity contribution in [3.05, 3.63) is 157 Å². The van der Waals surface area contributed by atoms with Crippen molar-refractivity contribution in [2.24, 2.45) is 0 Å². The van der Waals surface area contributed by atoms with Gasteiger partial charge in [-0.05, 0) is 58.7 Å². The molecule has 3 nitrogen and oxygen atoms in total. The molecular weight excluding hydrogens is 593 g/mol. The lowest BCUT2D eigenvalue weighted by Gasteiger charge is -2.09. The topological polar surface area (TPSA) is 22.4 Å². The third-order valence-electron chi connectivity index (χ3n) is 9.44. The van der Waals surface area contributed by atoms with Gasteiger partial charge in [0.25, 0.3) is 0 Å². The van der Waals surface area contributed by atoms with Gasteiger partial charge in [0.05, 0.1) is 23.3 Å². The Labute approximate surface area is 274 Å². The minimum Gasteiger partial charge on any atom is -0.465 e. The highest BCUT2D eigenvalue weighted by atomic mass is 32.1. The zero-order valence-corrected chi connectivity index (χ0v) is 25.9. The van der Waals surface area contributed by atoms with E-state index in [0.717, 1.165) is 44.2 Å². The fourth-order valence-electron chi connectivity index (χ4n) is 7.31. The number of hydrogen-bond acceptors (Lipinski definition) is 2. The number of thiophene rings is 1. The first-order valence-corrected chi connectivity index (χ1v) is 16.4. The van der Waals surface area contributed by atoms with E-state index in [1.807, 2.05) is 17.4 Å². The fraction of sp³-hybridized carbons (Fsp3) is 0. The van der Waals surface area contributed by atoms with Crippen molar-refractivity contribution in [3.8, 4) is 27.9 Å². The maximum Gasteiger partial charge on any atom is 0.229 e. The van der Waals surface area contributed by atoms with Gasteiger partial charge in [0.1, 0.15) is 5.58 Å². The van der Waals surface area contributed by atoms with E-state index in [1.54, 1.807) is 0 Å². The van der Waals surface area contributed by atoms with E-state index in [1.165, 1.54) is 42.1 Å². The maximum atomic E-state index is 8.01. The lowest BCUT2D eigenvalue weighted by molar-refractivity contribution is 0.668. The second-order valence-corrected chi connectivity index (χ2v) is 13.0. The Morgan fingerprint density at radius 2 is 1.26 bits per heavy atom. The molecule has 0 amide bonds. The van der Waals surface area contributed by atoms with Gasteiger partial charge in [-0.1, -0.05) is 109 Å². The van der Waals surface area contributed by atoms with Crippen LogP contribution in [0.25, 0.3) is 96.7 Å². The second kappa shape index (κ2) is 9.92. The molecular formula is C43H24N2OS. The molecule has 10 aromatic rings. The number of rotatable bonds is 3. The first-order valence-electron chi connectivity index (χ1n) is 15.6. The van der Waals surface area contributed by atoms with Crippen molar-refractivity contribution in [1.29, 1.82) is 0 Å². The summed E-state index contributed by atoms with van der Waals surface area (Å²) in [7, 11) is 0. The van der Waals surface area contributed by atoms with Crippen LogP contribution < -0.4 is 0 Å². The molecule has 0 bridgehead atoms. The summed E-state index contributed by atoms with van der Waals surface area (Å²) in [6.07, 6.45) is 0. The Balaban J connectivity index is 1.24. The lowest BCUT2D eigenvalue weighted by atomic mass is 9.97. The minimum atomic E-state index is 0.517. The van der Waals surface area contributed by atoms with Crippen molar-refractivity contribution >= 4 is 80.9 Å². The van der Waals surface area contributed by atoms with E-state index in [-0.39, 0.29) is 0 Å². The standard InChI is InChI=1S/C43H24N2OS/c1-44-35-22-21-29(28-18-20-32-31-13-6-8-17-39(31)47-40(32)25-28)41-33-14-9-16-38(42(33)46-43(35)41)45-36-15-7-5-12-30(36)34-24-27(19-23-37(34)45)26-10-3-2-4-11-26/h2-25H. The van der Waals surface area contributed by atoms with Crippen LogP contribution in [0.4, 0.5) is 5.69 Å². The third-order valence-corrected chi connectivity index (χ3v) is 10.6. The van der Waals surface area contributed by atoms with Crippen LogP contribution in [0.2, 0.25) is 0 Å². The van der Waals surface area contributed by atoms with Crippen molar-refractivity contribution < 1.29 is 4.42 Å². The summed E-state index contributed by atoms with van der Waals surface area (Å²) in [4.78, 5) is 3.89. The third kappa shape index (κ3) is 3.78. The molecule has 47 heavy (non-hydrogen) atoms. The van der Waals surface area contributed by atoms with E-state index in [0.29, 0.717) is 11.3 Å². The monoisotopic (exact) mass is 616 g/mol. The van der Waals surface area contributed by atoms with Crippen LogP contribution in [0, 0.1) is 6.57 Å². The molecule has 0 aliphatic rings. The predicted octanol–water partition coefficient (Wildman–Crippen LogP) is 12.9. The Bertz CT molecular complexity index is 2920. The number of para-hydroxylation sites is 2. The van der Waals surface area contributed by atoms with Gasteiger partial charge in [-0.3, -0.25) is 0 Å². The minimum absolute atomic E-state index is 0.517. The number of benzene rings is 7. The number of nitrogens with zero attached hydrogens (tertiary/aromatic N) is 2. The summed E-state index contributed by atoms with van der Waals surface area (Å²) in [5.74, 6) is 0. The summed E-state index contributed by atoms with van der Waals surface area (Å²) in [6.45, 7) is 8.01. The summed E-state index contributed by atoms with van der Waals surface area (Å²) >= 11 is 1.82.